The van der Waals surface area contributed by atoms with Crippen LogP contribution in [-0.4, -0.2) is 18.4 Å². The van der Waals surface area contributed by atoms with E-state index in [9.17, 15) is 0 Å². The fourth-order valence-corrected chi connectivity index (χ4v) is 1.81. The normalized spacial score (nSPS) is 12.2. The summed E-state index contributed by atoms with van der Waals surface area (Å²) in [7, 11) is 0. The number of hydrogen-bond acceptors (Lipinski definition) is 3. The lowest BCUT2D eigenvalue weighted by Crippen LogP contribution is -2.26. The summed E-state index contributed by atoms with van der Waals surface area (Å²) in [5.74, 6) is 0.134. The molecule has 0 fully saturated rings. The minimum absolute atomic E-state index is 0.134. The van der Waals surface area contributed by atoms with Crippen molar-refractivity contribution in [2.75, 3.05) is 0 Å². The Bertz CT molecular complexity index is 716. The standard InChI is InChI=1S/C17H19N5/c1-13-7-3-5-9-15(13)11-19-21-17(18)22-20-12-16-10-6-4-8-14(16)2/h3-12H,1-2H3,(H3,18,21,22). The Balaban J connectivity index is 1.93. The number of hydrazone groups is 1. The van der Waals surface area contributed by atoms with Crippen LogP contribution in [0.25, 0.3) is 0 Å². The third kappa shape index (κ3) is 4.56. The molecule has 5 heteroatoms. The van der Waals surface area contributed by atoms with E-state index in [1.54, 1.807) is 12.4 Å². The monoisotopic (exact) mass is 293 g/mol. The first kappa shape index (κ1) is 15.4. The minimum Gasteiger partial charge on any atom is -0.367 e. The quantitative estimate of drug-likeness (QED) is 0.516. The third-order valence-electron chi connectivity index (χ3n) is 3.12. The molecular weight excluding hydrogens is 274 g/mol. The molecule has 0 saturated heterocycles. The van der Waals surface area contributed by atoms with Crippen molar-refractivity contribution in [1.29, 1.82) is 0 Å². The second-order valence-electron chi connectivity index (χ2n) is 4.81. The lowest BCUT2D eigenvalue weighted by atomic mass is 10.1. The molecule has 0 radical (unpaired) electrons. The van der Waals surface area contributed by atoms with Crippen molar-refractivity contribution >= 4 is 18.4 Å². The number of nitrogens with zero attached hydrogens (tertiary/aromatic N) is 3. The van der Waals surface area contributed by atoms with Crippen molar-refractivity contribution < 1.29 is 0 Å². The van der Waals surface area contributed by atoms with Gasteiger partial charge in [0.1, 0.15) is 0 Å². The van der Waals surface area contributed by atoms with Crippen LogP contribution in [0.4, 0.5) is 0 Å². The van der Waals surface area contributed by atoms with E-state index in [2.05, 4.69) is 20.7 Å². The molecule has 2 aromatic rings. The topological polar surface area (TPSA) is 75.1 Å². The molecule has 5 nitrogen and oxygen atoms in total. The van der Waals surface area contributed by atoms with Crippen LogP contribution in [-0.2, 0) is 0 Å². The van der Waals surface area contributed by atoms with E-state index >= 15 is 0 Å². The minimum atomic E-state index is 0.134. The van der Waals surface area contributed by atoms with Crippen LogP contribution in [0.1, 0.15) is 22.3 Å². The molecule has 112 valence electrons. The first-order chi connectivity index (χ1) is 10.7. The van der Waals surface area contributed by atoms with Gasteiger partial charge in [-0.3, -0.25) is 0 Å². The number of benzene rings is 2. The van der Waals surface area contributed by atoms with Gasteiger partial charge in [0.25, 0.3) is 0 Å². The summed E-state index contributed by atoms with van der Waals surface area (Å²) in [6.45, 7) is 4.03. The largest absolute Gasteiger partial charge is 0.367 e. The van der Waals surface area contributed by atoms with Crippen LogP contribution in [0.3, 0.4) is 0 Å². The van der Waals surface area contributed by atoms with Gasteiger partial charge in [0.05, 0.1) is 12.4 Å². The van der Waals surface area contributed by atoms with Gasteiger partial charge >= 0.3 is 0 Å². The van der Waals surface area contributed by atoms with E-state index in [1.165, 1.54) is 0 Å². The van der Waals surface area contributed by atoms with Crippen molar-refractivity contribution in [2.45, 2.75) is 13.8 Å². The highest BCUT2D eigenvalue weighted by Crippen LogP contribution is 2.04. The first-order valence-electron chi connectivity index (χ1n) is 6.93. The molecule has 2 aromatic carbocycles. The van der Waals surface area contributed by atoms with Gasteiger partial charge in [0, 0.05) is 0 Å². The fraction of sp³-hybridized carbons (Fsp3) is 0.118. The average molecular weight is 293 g/mol. The van der Waals surface area contributed by atoms with Crippen LogP contribution >= 0.6 is 0 Å². The van der Waals surface area contributed by atoms with Crippen LogP contribution in [0.15, 0.2) is 63.8 Å². The van der Waals surface area contributed by atoms with Crippen LogP contribution < -0.4 is 11.2 Å². The van der Waals surface area contributed by atoms with E-state index in [1.807, 2.05) is 62.4 Å². The van der Waals surface area contributed by atoms with E-state index < -0.39 is 0 Å². The van der Waals surface area contributed by atoms with Crippen LogP contribution in [0, 0.1) is 13.8 Å². The van der Waals surface area contributed by atoms with Gasteiger partial charge in [-0.25, -0.2) is 5.43 Å². The zero-order valence-corrected chi connectivity index (χ0v) is 12.7. The summed E-state index contributed by atoms with van der Waals surface area (Å²) in [6, 6.07) is 15.8. The molecule has 0 aromatic heterocycles. The number of guanidine groups is 1. The molecule has 3 N–H and O–H groups in total. The molecule has 0 spiro atoms. The van der Waals surface area contributed by atoms with E-state index in [0.717, 1.165) is 22.3 Å². The summed E-state index contributed by atoms with van der Waals surface area (Å²) in [5, 5.41) is 11.8. The second-order valence-corrected chi connectivity index (χ2v) is 4.81. The Labute approximate surface area is 130 Å². The Morgan fingerprint density at radius 3 is 2.05 bits per heavy atom. The number of aryl methyl sites for hydroxylation is 2. The van der Waals surface area contributed by atoms with Crippen LogP contribution in [0.5, 0.6) is 0 Å². The van der Waals surface area contributed by atoms with Crippen molar-refractivity contribution in [3.05, 3.63) is 70.8 Å². The highest BCUT2D eigenvalue weighted by molar-refractivity contribution is 5.85. The zero-order valence-electron chi connectivity index (χ0n) is 12.7. The Morgan fingerprint density at radius 2 is 1.45 bits per heavy atom. The van der Waals surface area contributed by atoms with Crippen molar-refractivity contribution in [3.63, 3.8) is 0 Å². The Kier molecular flexibility index (Phi) is 5.43. The highest BCUT2D eigenvalue weighted by Gasteiger charge is 1.93. The highest BCUT2D eigenvalue weighted by atomic mass is 15.4. The summed E-state index contributed by atoms with van der Waals surface area (Å²) in [4.78, 5) is 0. The second kappa shape index (κ2) is 7.73. The van der Waals surface area contributed by atoms with Crippen LogP contribution in [0.2, 0.25) is 0 Å². The van der Waals surface area contributed by atoms with E-state index in [0.29, 0.717) is 0 Å². The molecule has 0 bridgehead atoms. The van der Waals surface area contributed by atoms with Gasteiger partial charge in [0.2, 0.25) is 5.96 Å². The van der Waals surface area contributed by atoms with Gasteiger partial charge in [-0.1, -0.05) is 48.5 Å². The van der Waals surface area contributed by atoms with Crippen molar-refractivity contribution in [1.82, 2.24) is 5.43 Å². The predicted octanol–water partition coefficient (Wildman–Crippen LogP) is 2.58. The maximum absolute atomic E-state index is 5.69. The molecule has 22 heavy (non-hydrogen) atoms. The third-order valence-corrected chi connectivity index (χ3v) is 3.12. The summed E-state index contributed by atoms with van der Waals surface area (Å²) in [6.07, 6.45) is 3.36. The summed E-state index contributed by atoms with van der Waals surface area (Å²) in [5.41, 5.74) is 12.6. The first-order valence-corrected chi connectivity index (χ1v) is 6.93. The molecule has 0 aliphatic heterocycles. The molecule has 0 atom stereocenters. The molecular formula is C17H19N5. The SMILES string of the molecule is Cc1ccccc1C=NN=C(N)NN=Cc1ccccc1C. The lowest BCUT2D eigenvalue weighted by molar-refractivity contribution is 0.993. The zero-order chi connectivity index (χ0) is 15.8. The van der Waals surface area contributed by atoms with Gasteiger partial charge in [-0.2, -0.15) is 10.2 Å². The summed E-state index contributed by atoms with van der Waals surface area (Å²) >= 11 is 0. The smallest absolute Gasteiger partial charge is 0.234 e. The Hall–Kier alpha value is -2.95. The lowest BCUT2D eigenvalue weighted by Gasteiger charge is -1.99. The maximum atomic E-state index is 5.69. The molecule has 0 saturated carbocycles. The molecule has 0 aliphatic carbocycles. The van der Waals surface area contributed by atoms with Gasteiger partial charge in [0.15, 0.2) is 0 Å². The maximum Gasteiger partial charge on any atom is 0.234 e. The Morgan fingerprint density at radius 1 is 0.909 bits per heavy atom. The molecule has 0 amide bonds. The van der Waals surface area contributed by atoms with E-state index in [4.69, 9.17) is 5.73 Å². The van der Waals surface area contributed by atoms with E-state index in [-0.39, 0.29) is 5.96 Å². The number of nitrogens with one attached hydrogen (secondary N) is 1. The number of nitrogens with two attached hydrogens (primary N) is 1. The molecule has 2 rings (SSSR count). The predicted molar refractivity (Wildman–Crippen MR) is 92.3 cm³/mol. The molecule has 0 heterocycles. The van der Waals surface area contributed by atoms with Crippen molar-refractivity contribution in [2.24, 2.45) is 21.0 Å². The van der Waals surface area contributed by atoms with Crippen molar-refractivity contribution in [3.8, 4) is 0 Å². The summed E-state index contributed by atoms with van der Waals surface area (Å²) < 4.78 is 0. The van der Waals surface area contributed by atoms with Gasteiger partial charge in [-0.15, -0.1) is 5.10 Å². The molecule has 0 aliphatic rings. The number of hydrogen-bond donors (Lipinski definition) is 2. The average Bonchev–Trinajstić information content (AvgIpc) is 2.51. The van der Waals surface area contributed by atoms with Gasteiger partial charge in [-0.05, 0) is 36.1 Å². The number of rotatable bonds is 4. The molecule has 0 unspecified atom stereocenters. The fourth-order valence-electron chi connectivity index (χ4n) is 1.81. The van der Waals surface area contributed by atoms with Gasteiger partial charge < -0.3 is 5.73 Å².